The van der Waals surface area contributed by atoms with E-state index < -0.39 is 5.60 Å². The average Bonchev–Trinajstić information content (AvgIpc) is 3.13. The lowest BCUT2D eigenvalue weighted by Crippen LogP contribution is -2.47. The van der Waals surface area contributed by atoms with Crippen LogP contribution in [0, 0.1) is 6.92 Å². The number of nitrogens with one attached hydrogen (secondary N) is 1. The average molecular weight is 409 g/mol. The summed E-state index contributed by atoms with van der Waals surface area (Å²) < 4.78 is 7.28. The maximum atomic E-state index is 12.4. The first-order chi connectivity index (χ1) is 14.3. The van der Waals surface area contributed by atoms with Crippen molar-refractivity contribution < 1.29 is 9.53 Å². The van der Waals surface area contributed by atoms with E-state index in [2.05, 4.69) is 20.4 Å². The van der Waals surface area contributed by atoms with Crippen LogP contribution in [0.5, 0.6) is 0 Å². The standard InChI is InChI=1S/C21H27N7O2/c1-14-10-23-19(16-11-24-28-9-7-22-12-17(16)28)26-18(14)25-15-6-5-8-27(13-15)20(29)30-21(2,3)4/h7,9-12,15H,5-6,8,13H2,1-4H3,(H,23,25,26). The molecule has 0 saturated carbocycles. The molecule has 3 aromatic heterocycles. The molecule has 1 aliphatic heterocycles. The molecule has 158 valence electrons. The van der Waals surface area contributed by atoms with Crippen LogP contribution >= 0.6 is 0 Å². The second-order valence-corrected chi connectivity index (χ2v) is 8.60. The predicted octanol–water partition coefficient (Wildman–Crippen LogP) is 3.31. The van der Waals surface area contributed by atoms with E-state index in [4.69, 9.17) is 9.72 Å². The quantitative estimate of drug-likeness (QED) is 0.709. The Morgan fingerprint density at radius 2 is 2.10 bits per heavy atom. The third kappa shape index (κ3) is 4.34. The zero-order valence-corrected chi connectivity index (χ0v) is 17.8. The SMILES string of the molecule is Cc1cnc(-c2cnn3ccncc23)nc1NC1CCCN(C(=O)OC(C)(C)C)C1. The molecule has 4 rings (SSSR count). The maximum absolute atomic E-state index is 12.4. The molecule has 0 aromatic carbocycles. The predicted molar refractivity (Wildman–Crippen MR) is 113 cm³/mol. The summed E-state index contributed by atoms with van der Waals surface area (Å²) in [7, 11) is 0. The number of carbonyl (C=O) groups excluding carboxylic acids is 1. The number of nitrogens with zero attached hydrogens (tertiary/aromatic N) is 6. The van der Waals surface area contributed by atoms with Crippen LogP contribution in [0.25, 0.3) is 16.9 Å². The molecule has 9 heteroatoms. The fourth-order valence-electron chi connectivity index (χ4n) is 3.51. The van der Waals surface area contributed by atoms with E-state index in [1.165, 1.54) is 0 Å². The van der Waals surface area contributed by atoms with Gasteiger partial charge in [0, 0.05) is 43.3 Å². The Bertz CT molecular complexity index is 1060. The number of ether oxygens (including phenoxy) is 1. The summed E-state index contributed by atoms with van der Waals surface area (Å²) in [5, 5.41) is 7.84. The van der Waals surface area contributed by atoms with Crippen LogP contribution in [0.2, 0.25) is 0 Å². The van der Waals surface area contributed by atoms with E-state index in [1.54, 1.807) is 40.4 Å². The molecule has 1 unspecified atom stereocenters. The summed E-state index contributed by atoms with van der Waals surface area (Å²) in [6.45, 7) is 8.90. The number of aryl methyl sites for hydroxylation is 1. The van der Waals surface area contributed by atoms with E-state index >= 15 is 0 Å². The molecule has 1 N–H and O–H groups in total. The van der Waals surface area contributed by atoms with Crippen LogP contribution < -0.4 is 5.32 Å². The van der Waals surface area contributed by atoms with Gasteiger partial charge in [0.2, 0.25) is 0 Å². The Morgan fingerprint density at radius 1 is 1.27 bits per heavy atom. The zero-order chi connectivity index (χ0) is 21.3. The van der Waals surface area contributed by atoms with Crippen LogP contribution in [0.1, 0.15) is 39.2 Å². The Labute approximate surface area is 175 Å². The van der Waals surface area contributed by atoms with Gasteiger partial charge in [0.1, 0.15) is 11.4 Å². The minimum Gasteiger partial charge on any atom is -0.444 e. The van der Waals surface area contributed by atoms with Gasteiger partial charge in [-0.3, -0.25) is 4.98 Å². The molecule has 3 aromatic rings. The number of rotatable bonds is 3. The number of hydrogen-bond donors (Lipinski definition) is 1. The first-order valence-corrected chi connectivity index (χ1v) is 10.2. The number of likely N-dealkylation sites (tertiary alicyclic amines) is 1. The number of carbonyl (C=O) groups is 1. The van der Waals surface area contributed by atoms with Crippen molar-refractivity contribution in [3.8, 4) is 11.4 Å². The number of hydrogen-bond acceptors (Lipinski definition) is 7. The van der Waals surface area contributed by atoms with Crippen LogP contribution in [-0.2, 0) is 4.74 Å². The minimum absolute atomic E-state index is 0.0956. The molecule has 1 atom stereocenters. The van der Waals surface area contributed by atoms with Gasteiger partial charge in [-0.1, -0.05) is 0 Å². The number of aromatic nitrogens is 5. The Kier molecular flexibility index (Phi) is 5.27. The van der Waals surface area contributed by atoms with Crippen molar-refractivity contribution in [2.24, 2.45) is 0 Å². The van der Waals surface area contributed by atoms with Crippen molar-refractivity contribution in [1.29, 1.82) is 0 Å². The summed E-state index contributed by atoms with van der Waals surface area (Å²) in [5.74, 6) is 1.35. The summed E-state index contributed by atoms with van der Waals surface area (Å²) in [5.41, 5.74) is 2.12. The van der Waals surface area contributed by atoms with E-state index in [9.17, 15) is 4.79 Å². The third-order valence-corrected chi connectivity index (χ3v) is 4.95. The van der Waals surface area contributed by atoms with Gasteiger partial charge in [0.25, 0.3) is 0 Å². The van der Waals surface area contributed by atoms with E-state index in [1.807, 2.05) is 27.7 Å². The number of piperidine rings is 1. The molecule has 1 fully saturated rings. The lowest BCUT2D eigenvalue weighted by Gasteiger charge is -2.34. The number of amides is 1. The van der Waals surface area contributed by atoms with Crippen LogP contribution in [0.3, 0.4) is 0 Å². The molecule has 0 spiro atoms. The molecule has 1 aliphatic rings. The Morgan fingerprint density at radius 3 is 2.90 bits per heavy atom. The van der Waals surface area contributed by atoms with Gasteiger partial charge < -0.3 is 15.0 Å². The Hall–Kier alpha value is -3.23. The second kappa shape index (κ2) is 7.89. The van der Waals surface area contributed by atoms with E-state index in [-0.39, 0.29) is 12.1 Å². The van der Waals surface area contributed by atoms with Crippen molar-refractivity contribution in [1.82, 2.24) is 29.5 Å². The van der Waals surface area contributed by atoms with Crippen LogP contribution in [-0.4, -0.2) is 60.3 Å². The third-order valence-electron chi connectivity index (χ3n) is 4.95. The molecule has 0 bridgehead atoms. The highest BCUT2D eigenvalue weighted by atomic mass is 16.6. The minimum atomic E-state index is -0.501. The molecule has 1 saturated heterocycles. The van der Waals surface area contributed by atoms with E-state index in [0.717, 1.165) is 35.3 Å². The first-order valence-electron chi connectivity index (χ1n) is 10.2. The van der Waals surface area contributed by atoms with Gasteiger partial charge in [-0.25, -0.2) is 19.3 Å². The lowest BCUT2D eigenvalue weighted by atomic mass is 10.1. The highest BCUT2D eigenvalue weighted by Crippen LogP contribution is 2.24. The van der Waals surface area contributed by atoms with Crippen molar-refractivity contribution in [2.75, 3.05) is 18.4 Å². The molecule has 4 heterocycles. The van der Waals surface area contributed by atoms with Gasteiger partial charge in [0.15, 0.2) is 5.82 Å². The van der Waals surface area contributed by atoms with Gasteiger partial charge >= 0.3 is 6.09 Å². The summed E-state index contributed by atoms with van der Waals surface area (Å²) in [4.78, 5) is 27.6. The fraction of sp³-hybridized carbons (Fsp3) is 0.476. The van der Waals surface area contributed by atoms with E-state index in [0.29, 0.717) is 18.9 Å². The maximum Gasteiger partial charge on any atom is 0.410 e. The molecule has 0 aliphatic carbocycles. The normalized spacial score (nSPS) is 17.2. The molecule has 9 nitrogen and oxygen atoms in total. The van der Waals surface area contributed by atoms with Gasteiger partial charge in [-0.2, -0.15) is 5.10 Å². The highest BCUT2D eigenvalue weighted by Gasteiger charge is 2.28. The van der Waals surface area contributed by atoms with Gasteiger partial charge in [-0.15, -0.1) is 0 Å². The zero-order valence-electron chi connectivity index (χ0n) is 17.8. The monoisotopic (exact) mass is 409 g/mol. The van der Waals surface area contributed by atoms with Crippen molar-refractivity contribution in [3.63, 3.8) is 0 Å². The molecular formula is C21H27N7O2. The number of fused-ring (bicyclic) bond motifs is 1. The van der Waals surface area contributed by atoms with Crippen molar-refractivity contribution >= 4 is 17.4 Å². The largest absolute Gasteiger partial charge is 0.444 e. The number of anilines is 1. The second-order valence-electron chi connectivity index (χ2n) is 8.60. The van der Waals surface area contributed by atoms with Crippen molar-refractivity contribution in [3.05, 3.63) is 36.5 Å². The Balaban J connectivity index is 1.52. The highest BCUT2D eigenvalue weighted by molar-refractivity contribution is 5.75. The van der Waals surface area contributed by atoms with Crippen molar-refractivity contribution in [2.45, 2.75) is 52.2 Å². The van der Waals surface area contributed by atoms with Gasteiger partial charge in [-0.05, 0) is 40.5 Å². The molecule has 1 amide bonds. The van der Waals surface area contributed by atoms with Crippen LogP contribution in [0.4, 0.5) is 10.6 Å². The summed E-state index contributed by atoms with van der Waals surface area (Å²) in [6, 6.07) is 0.0956. The lowest BCUT2D eigenvalue weighted by molar-refractivity contribution is 0.0206. The summed E-state index contributed by atoms with van der Waals surface area (Å²) in [6.07, 6.45) is 10.4. The van der Waals surface area contributed by atoms with Crippen LogP contribution in [0.15, 0.2) is 31.0 Å². The molecular weight excluding hydrogens is 382 g/mol. The smallest absolute Gasteiger partial charge is 0.410 e. The topological polar surface area (TPSA) is 97.5 Å². The first kappa shape index (κ1) is 20.1. The molecule has 0 radical (unpaired) electrons. The summed E-state index contributed by atoms with van der Waals surface area (Å²) >= 11 is 0. The fourth-order valence-corrected chi connectivity index (χ4v) is 3.51. The molecule has 30 heavy (non-hydrogen) atoms. The van der Waals surface area contributed by atoms with Gasteiger partial charge in [0.05, 0.1) is 23.5 Å².